The molecule has 116 valence electrons. The molecule has 23 heavy (non-hydrogen) atoms. The maximum absolute atomic E-state index is 11.9. The quantitative estimate of drug-likeness (QED) is 0.842. The summed E-state index contributed by atoms with van der Waals surface area (Å²) < 4.78 is 0.574. The maximum Gasteiger partial charge on any atom is 0.285 e. The molecule has 1 aliphatic rings. The first-order valence-electron chi connectivity index (χ1n) is 6.47. The summed E-state index contributed by atoms with van der Waals surface area (Å²) in [6.45, 7) is 0. The molecular formula is C14H10N4O2S3. The highest BCUT2D eigenvalue weighted by Gasteiger charge is 2.22. The van der Waals surface area contributed by atoms with Crippen LogP contribution in [-0.4, -0.2) is 32.1 Å². The molecule has 9 heteroatoms. The smallest absolute Gasteiger partial charge is 0.285 e. The standard InChI is InChI=1S/C14H10N4O2S3/c19-11(16-13-18-15-8-22-13)7-21-14-17-12(20)10(23-14)6-9-4-2-1-3-5-9/h1-6,8H,7H2,(H,16,18,19). The van der Waals surface area contributed by atoms with Gasteiger partial charge in [-0.05, 0) is 11.6 Å². The second-order valence-electron chi connectivity index (χ2n) is 4.28. The third-order valence-corrected chi connectivity index (χ3v) is 5.36. The van der Waals surface area contributed by atoms with Crippen LogP contribution < -0.4 is 5.32 Å². The summed E-state index contributed by atoms with van der Waals surface area (Å²) in [6, 6.07) is 9.57. The Morgan fingerprint density at radius 3 is 2.87 bits per heavy atom. The first kappa shape index (κ1) is 15.9. The predicted molar refractivity (Wildman–Crippen MR) is 95.4 cm³/mol. The molecule has 2 amide bonds. The van der Waals surface area contributed by atoms with E-state index in [1.807, 2.05) is 30.3 Å². The number of thioether (sulfide) groups is 2. The van der Waals surface area contributed by atoms with Crippen LogP contribution >= 0.6 is 34.9 Å². The number of aliphatic imine (C=N–C) groups is 1. The third-order valence-electron chi connectivity index (χ3n) is 2.63. The lowest BCUT2D eigenvalue weighted by Crippen LogP contribution is -2.14. The monoisotopic (exact) mass is 362 g/mol. The molecule has 0 fully saturated rings. The number of nitrogens with zero attached hydrogens (tertiary/aromatic N) is 3. The van der Waals surface area contributed by atoms with Crippen LogP contribution in [0.25, 0.3) is 6.08 Å². The Balaban J connectivity index is 1.54. The van der Waals surface area contributed by atoms with Gasteiger partial charge in [-0.2, -0.15) is 4.99 Å². The van der Waals surface area contributed by atoms with Crippen LogP contribution in [0.3, 0.4) is 0 Å². The molecule has 0 saturated heterocycles. The SMILES string of the molecule is O=C(CSC1=NC(=O)C(=Cc2ccccc2)S1)Nc1nncs1. The van der Waals surface area contributed by atoms with Crippen LogP contribution in [0.4, 0.5) is 5.13 Å². The van der Waals surface area contributed by atoms with Crippen molar-refractivity contribution in [2.45, 2.75) is 0 Å². The summed E-state index contributed by atoms with van der Waals surface area (Å²) in [4.78, 5) is 28.2. The van der Waals surface area contributed by atoms with Gasteiger partial charge in [0.25, 0.3) is 5.91 Å². The Bertz CT molecular complexity index is 773. The Hall–Kier alpha value is -1.97. The summed E-state index contributed by atoms with van der Waals surface area (Å²) in [5, 5.41) is 10.5. The van der Waals surface area contributed by atoms with Gasteiger partial charge in [-0.1, -0.05) is 65.2 Å². The third kappa shape index (κ3) is 4.50. The number of hydrogen-bond donors (Lipinski definition) is 1. The topological polar surface area (TPSA) is 84.3 Å². The van der Waals surface area contributed by atoms with Gasteiger partial charge in [0.2, 0.25) is 11.0 Å². The Morgan fingerprint density at radius 2 is 2.13 bits per heavy atom. The summed E-state index contributed by atoms with van der Waals surface area (Å²) in [7, 11) is 0. The lowest BCUT2D eigenvalue weighted by atomic mass is 10.2. The van der Waals surface area contributed by atoms with E-state index in [0.29, 0.717) is 14.4 Å². The van der Waals surface area contributed by atoms with E-state index in [0.717, 1.165) is 5.56 Å². The van der Waals surface area contributed by atoms with Gasteiger partial charge in [0.15, 0.2) is 0 Å². The van der Waals surface area contributed by atoms with Gasteiger partial charge in [-0.3, -0.25) is 14.9 Å². The van der Waals surface area contributed by atoms with Crippen molar-refractivity contribution in [1.82, 2.24) is 10.2 Å². The zero-order chi connectivity index (χ0) is 16.1. The minimum Gasteiger partial charge on any atom is -0.300 e. The molecule has 6 nitrogen and oxygen atoms in total. The largest absolute Gasteiger partial charge is 0.300 e. The van der Waals surface area contributed by atoms with E-state index in [-0.39, 0.29) is 17.6 Å². The summed E-state index contributed by atoms with van der Waals surface area (Å²) in [5.41, 5.74) is 2.48. The number of rotatable bonds is 4. The Labute approximate surface area is 144 Å². The van der Waals surface area contributed by atoms with Crippen molar-refractivity contribution in [3.05, 3.63) is 46.3 Å². The molecule has 0 atom stereocenters. The molecule has 1 aliphatic heterocycles. The minimum atomic E-state index is -0.272. The predicted octanol–water partition coefficient (Wildman–Crippen LogP) is 2.88. The number of anilines is 1. The number of aromatic nitrogens is 2. The van der Waals surface area contributed by atoms with E-state index in [2.05, 4.69) is 20.5 Å². The number of amides is 2. The van der Waals surface area contributed by atoms with Crippen LogP contribution in [0.5, 0.6) is 0 Å². The number of carbonyl (C=O) groups is 2. The van der Waals surface area contributed by atoms with E-state index >= 15 is 0 Å². The van der Waals surface area contributed by atoms with Gasteiger partial charge in [0.1, 0.15) is 9.89 Å². The lowest BCUT2D eigenvalue weighted by Gasteiger charge is -2.00. The molecule has 0 radical (unpaired) electrons. The van der Waals surface area contributed by atoms with E-state index in [1.54, 1.807) is 11.6 Å². The number of hydrogen-bond acceptors (Lipinski definition) is 7. The summed E-state index contributed by atoms with van der Waals surface area (Å²) in [5.74, 6) is -0.314. The highest BCUT2D eigenvalue weighted by atomic mass is 32.2. The van der Waals surface area contributed by atoms with E-state index < -0.39 is 0 Å². The molecule has 0 spiro atoms. The van der Waals surface area contributed by atoms with Crippen LogP contribution in [0.2, 0.25) is 0 Å². The molecule has 0 aliphatic carbocycles. The van der Waals surface area contributed by atoms with Crippen molar-refractivity contribution in [3.63, 3.8) is 0 Å². The van der Waals surface area contributed by atoms with Crippen molar-refractivity contribution in [3.8, 4) is 0 Å². The van der Waals surface area contributed by atoms with E-state index in [9.17, 15) is 9.59 Å². The molecule has 0 unspecified atom stereocenters. The maximum atomic E-state index is 11.9. The summed E-state index contributed by atoms with van der Waals surface area (Å²) >= 11 is 3.76. The number of benzene rings is 1. The van der Waals surface area contributed by atoms with Crippen LogP contribution in [-0.2, 0) is 9.59 Å². The lowest BCUT2D eigenvalue weighted by molar-refractivity contribution is -0.114. The first-order chi connectivity index (χ1) is 11.2. The zero-order valence-electron chi connectivity index (χ0n) is 11.6. The van der Waals surface area contributed by atoms with Gasteiger partial charge in [-0.15, -0.1) is 10.2 Å². The molecule has 0 saturated carbocycles. The second-order valence-corrected chi connectivity index (χ2v) is 7.37. The molecule has 2 heterocycles. The van der Waals surface area contributed by atoms with Gasteiger partial charge >= 0.3 is 0 Å². The average Bonchev–Trinajstić information content (AvgIpc) is 3.17. The summed E-state index contributed by atoms with van der Waals surface area (Å²) in [6.07, 6.45) is 1.80. The van der Waals surface area contributed by atoms with Gasteiger partial charge in [0.05, 0.1) is 10.7 Å². The number of nitrogens with one attached hydrogen (secondary N) is 1. The van der Waals surface area contributed by atoms with Crippen molar-refractivity contribution < 1.29 is 9.59 Å². The fraction of sp³-hybridized carbons (Fsp3) is 0.0714. The molecule has 1 N–H and O–H groups in total. The molecule has 1 aromatic heterocycles. The van der Waals surface area contributed by atoms with Crippen LogP contribution in [0.15, 0.2) is 45.7 Å². The Morgan fingerprint density at radius 1 is 1.30 bits per heavy atom. The molecular weight excluding hydrogens is 352 g/mol. The highest BCUT2D eigenvalue weighted by Crippen LogP contribution is 2.33. The molecule has 3 rings (SSSR count). The van der Waals surface area contributed by atoms with Crippen molar-refractivity contribution in [2.75, 3.05) is 11.1 Å². The first-order valence-corrected chi connectivity index (χ1v) is 9.15. The van der Waals surface area contributed by atoms with E-state index in [4.69, 9.17) is 0 Å². The zero-order valence-corrected chi connectivity index (χ0v) is 14.1. The van der Waals surface area contributed by atoms with Crippen LogP contribution in [0, 0.1) is 0 Å². The minimum absolute atomic E-state index is 0.164. The van der Waals surface area contributed by atoms with Crippen LogP contribution in [0.1, 0.15) is 5.56 Å². The Kier molecular flexibility index (Phi) is 5.21. The molecule has 2 aromatic rings. The fourth-order valence-electron chi connectivity index (χ4n) is 1.66. The fourth-order valence-corrected chi connectivity index (χ4v) is 3.92. The average molecular weight is 362 g/mol. The molecule has 0 bridgehead atoms. The van der Waals surface area contributed by atoms with E-state index in [1.165, 1.54) is 34.9 Å². The van der Waals surface area contributed by atoms with Crippen molar-refractivity contribution in [2.24, 2.45) is 4.99 Å². The van der Waals surface area contributed by atoms with Gasteiger partial charge in [-0.25, -0.2) is 0 Å². The molecule has 1 aromatic carbocycles. The highest BCUT2D eigenvalue weighted by molar-refractivity contribution is 8.41. The van der Waals surface area contributed by atoms with Gasteiger partial charge < -0.3 is 0 Å². The number of carbonyl (C=O) groups excluding carboxylic acids is 2. The van der Waals surface area contributed by atoms with Gasteiger partial charge in [0, 0.05) is 0 Å². The van der Waals surface area contributed by atoms with Crippen molar-refractivity contribution in [1.29, 1.82) is 0 Å². The second kappa shape index (κ2) is 7.53. The van der Waals surface area contributed by atoms with Crippen molar-refractivity contribution >= 4 is 62.3 Å². The normalized spacial score (nSPS) is 15.7.